The highest BCUT2D eigenvalue weighted by atomic mass is 79.9. The zero-order valence-corrected chi connectivity index (χ0v) is 14.9. The fraction of sp³-hybridized carbons (Fsp3) is 0.500. The predicted octanol–water partition coefficient (Wildman–Crippen LogP) is 3.65. The standard InChI is InChI=1S/C12H18Br2N2O2S/c1-3-4-5-8(2)16-19(17,18)12-10(13)6-9(15)7-11(12)14/h6-8,16H,3-5,15H2,1-2H3. The lowest BCUT2D eigenvalue weighted by atomic mass is 10.2. The van der Waals surface area contributed by atoms with Gasteiger partial charge in [-0.2, -0.15) is 0 Å². The maximum atomic E-state index is 12.3. The summed E-state index contributed by atoms with van der Waals surface area (Å²) in [5.41, 5.74) is 6.16. The molecule has 0 heterocycles. The number of halogens is 2. The zero-order valence-electron chi connectivity index (χ0n) is 10.9. The molecule has 0 aliphatic heterocycles. The van der Waals surface area contributed by atoms with Crippen molar-refractivity contribution >= 4 is 47.6 Å². The lowest BCUT2D eigenvalue weighted by Crippen LogP contribution is -2.33. The topological polar surface area (TPSA) is 72.2 Å². The fourth-order valence-corrected chi connectivity index (χ4v) is 5.63. The number of anilines is 1. The fourth-order valence-electron chi connectivity index (χ4n) is 1.73. The smallest absolute Gasteiger partial charge is 0.243 e. The minimum absolute atomic E-state index is 0.0960. The van der Waals surface area contributed by atoms with Crippen molar-refractivity contribution in [1.29, 1.82) is 0 Å². The molecule has 0 aromatic heterocycles. The van der Waals surface area contributed by atoms with Crippen LogP contribution in [0.5, 0.6) is 0 Å². The molecule has 7 heteroatoms. The minimum Gasteiger partial charge on any atom is -0.399 e. The first-order chi connectivity index (χ1) is 8.77. The molecule has 0 radical (unpaired) electrons. The maximum absolute atomic E-state index is 12.3. The van der Waals surface area contributed by atoms with Gasteiger partial charge in [0.25, 0.3) is 0 Å². The van der Waals surface area contributed by atoms with Crippen molar-refractivity contribution in [3.63, 3.8) is 0 Å². The Morgan fingerprint density at radius 2 is 1.84 bits per heavy atom. The predicted molar refractivity (Wildman–Crippen MR) is 85.6 cm³/mol. The quantitative estimate of drug-likeness (QED) is 0.699. The summed E-state index contributed by atoms with van der Waals surface area (Å²) in [6, 6.07) is 3.06. The van der Waals surface area contributed by atoms with Crippen LogP contribution in [0, 0.1) is 0 Å². The minimum atomic E-state index is -3.57. The molecule has 1 atom stereocenters. The van der Waals surface area contributed by atoms with Gasteiger partial charge in [-0.15, -0.1) is 0 Å². The van der Waals surface area contributed by atoms with E-state index in [9.17, 15) is 8.42 Å². The number of rotatable bonds is 6. The first-order valence-corrected chi connectivity index (χ1v) is 9.11. The van der Waals surface area contributed by atoms with Gasteiger partial charge in [0, 0.05) is 20.7 Å². The van der Waals surface area contributed by atoms with Crippen molar-refractivity contribution in [2.75, 3.05) is 5.73 Å². The summed E-state index contributed by atoms with van der Waals surface area (Å²) in [7, 11) is -3.57. The lowest BCUT2D eigenvalue weighted by Gasteiger charge is -2.16. The van der Waals surface area contributed by atoms with E-state index in [1.54, 1.807) is 12.1 Å². The van der Waals surface area contributed by atoms with Crippen LogP contribution in [0.1, 0.15) is 33.1 Å². The van der Waals surface area contributed by atoms with Crippen molar-refractivity contribution in [3.05, 3.63) is 21.1 Å². The Morgan fingerprint density at radius 3 is 2.32 bits per heavy atom. The van der Waals surface area contributed by atoms with Crippen molar-refractivity contribution in [2.45, 2.75) is 44.0 Å². The number of hydrogen-bond acceptors (Lipinski definition) is 3. The van der Waals surface area contributed by atoms with Crippen LogP contribution in [-0.2, 0) is 10.0 Å². The molecule has 0 amide bonds. The summed E-state index contributed by atoms with van der Waals surface area (Å²) < 4.78 is 28.3. The third kappa shape index (κ3) is 4.73. The normalized spacial score (nSPS) is 13.5. The van der Waals surface area contributed by atoms with Crippen LogP contribution in [-0.4, -0.2) is 14.5 Å². The second-order valence-electron chi connectivity index (χ2n) is 4.48. The number of nitrogens with two attached hydrogens (primary N) is 1. The molecule has 0 bridgehead atoms. The Labute approximate surface area is 131 Å². The highest BCUT2D eigenvalue weighted by Gasteiger charge is 2.23. The van der Waals surface area contributed by atoms with Gasteiger partial charge < -0.3 is 5.73 Å². The number of unbranched alkanes of at least 4 members (excludes halogenated alkanes) is 1. The molecule has 1 rings (SSSR count). The first kappa shape index (κ1) is 16.9. The molecule has 0 fully saturated rings. The highest BCUT2D eigenvalue weighted by molar-refractivity contribution is 9.11. The van der Waals surface area contributed by atoms with E-state index in [2.05, 4.69) is 43.5 Å². The van der Waals surface area contributed by atoms with Crippen molar-refractivity contribution in [3.8, 4) is 0 Å². The Bertz CT molecular complexity index is 524. The van der Waals surface area contributed by atoms with Gasteiger partial charge in [0.2, 0.25) is 10.0 Å². The van der Waals surface area contributed by atoms with E-state index in [1.165, 1.54) is 0 Å². The molecule has 4 nitrogen and oxygen atoms in total. The van der Waals surface area contributed by atoms with Gasteiger partial charge in [0.1, 0.15) is 4.90 Å². The molecule has 1 aromatic rings. The Kier molecular flexibility index (Phi) is 6.29. The van der Waals surface area contributed by atoms with E-state index in [0.717, 1.165) is 19.3 Å². The van der Waals surface area contributed by atoms with E-state index in [0.29, 0.717) is 14.6 Å². The third-order valence-corrected chi connectivity index (χ3v) is 6.10. The molecular weight excluding hydrogens is 396 g/mol. The van der Waals surface area contributed by atoms with Crippen LogP contribution in [0.15, 0.2) is 26.0 Å². The number of hydrogen-bond donors (Lipinski definition) is 2. The van der Waals surface area contributed by atoms with Crippen molar-refractivity contribution in [1.82, 2.24) is 4.72 Å². The van der Waals surface area contributed by atoms with Gasteiger partial charge >= 0.3 is 0 Å². The molecular formula is C12H18Br2N2O2S. The van der Waals surface area contributed by atoms with Gasteiger partial charge in [0.15, 0.2) is 0 Å². The molecule has 3 N–H and O–H groups in total. The summed E-state index contributed by atoms with van der Waals surface area (Å²) in [5.74, 6) is 0. The number of nitrogen functional groups attached to an aromatic ring is 1. The van der Waals surface area contributed by atoms with Crippen LogP contribution < -0.4 is 10.5 Å². The van der Waals surface area contributed by atoms with Crippen LogP contribution in [0.4, 0.5) is 5.69 Å². The van der Waals surface area contributed by atoms with Gasteiger partial charge in [0.05, 0.1) is 0 Å². The summed E-state index contributed by atoms with van der Waals surface area (Å²) in [5, 5.41) is 0. The maximum Gasteiger partial charge on any atom is 0.243 e. The number of nitrogens with one attached hydrogen (secondary N) is 1. The molecule has 0 saturated carbocycles. The van der Waals surface area contributed by atoms with E-state index < -0.39 is 10.0 Å². The van der Waals surface area contributed by atoms with Gasteiger partial charge in [-0.25, -0.2) is 13.1 Å². The highest BCUT2D eigenvalue weighted by Crippen LogP contribution is 2.32. The summed E-state index contributed by atoms with van der Waals surface area (Å²) >= 11 is 6.49. The lowest BCUT2D eigenvalue weighted by molar-refractivity contribution is 0.533. The second-order valence-corrected chi connectivity index (χ2v) is 7.84. The molecule has 19 heavy (non-hydrogen) atoms. The number of benzene rings is 1. The van der Waals surface area contributed by atoms with Crippen LogP contribution in [0.25, 0.3) is 0 Å². The molecule has 0 saturated heterocycles. The van der Waals surface area contributed by atoms with E-state index in [1.807, 2.05) is 6.92 Å². The number of sulfonamides is 1. The molecule has 0 aliphatic carbocycles. The molecule has 108 valence electrons. The summed E-state index contributed by atoms with van der Waals surface area (Å²) in [6.45, 7) is 3.95. The van der Waals surface area contributed by atoms with E-state index in [-0.39, 0.29) is 10.9 Å². The zero-order chi connectivity index (χ0) is 14.6. The summed E-state index contributed by atoms with van der Waals surface area (Å²) in [4.78, 5) is 0.185. The SMILES string of the molecule is CCCCC(C)NS(=O)(=O)c1c(Br)cc(N)cc1Br. The Hall–Kier alpha value is -0.110. The van der Waals surface area contributed by atoms with Crippen molar-refractivity contribution < 1.29 is 8.42 Å². The van der Waals surface area contributed by atoms with Gasteiger partial charge in [-0.3, -0.25) is 0 Å². The van der Waals surface area contributed by atoms with Crippen LogP contribution in [0.2, 0.25) is 0 Å². The largest absolute Gasteiger partial charge is 0.399 e. The summed E-state index contributed by atoms with van der Waals surface area (Å²) in [6.07, 6.45) is 2.86. The molecule has 1 aromatic carbocycles. The average Bonchev–Trinajstić information content (AvgIpc) is 2.23. The second kappa shape index (κ2) is 7.06. The first-order valence-electron chi connectivity index (χ1n) is 6.04. The van der Waals surface area contributed by atoms with Gasteiger partial charge in [-0.1, -0.05) is 19.8 Å². The Morgan fingerprint density at radius 1 is 1.32 bits per heavy atom. The van der Waals surface area contributed by atoms with Crippen molar-refractivity contribution in [2.24, 2.45) is 0 Å². The average molecular weight is 414 g/mol. The molecule has 0 aliphatic rings. The monoisotopic (exact) mass is 412 g/mol. The van der Waals surface area contributed by atoms with E-state index >= 15 is 0 Å². The van der Waals surface area contributed by atoms with E-state index in [4.69, 9.17) is 5.73 Å². The molecule has 0 spiro atoms. The molecule has 1 unspecified atom stereocenters. The Balaban J connectivity index is 3.01. The van der Waals surface area contributed by atoms with Crippen LogP contribution >= 0.6 is 31.9 Å². The van der Waals surface area contributed by atoms with Gasteiger partial charge in [-0.05, 0) is 57.3 Å². The van der Waals surface area contributed by atoms with Crippen LogP contribution in [0.3, 0.4) is 0 Å². The third-order valence-electron chi connectivity index (χ3n) is 2.64.